The molecule has 0 radical (unpaired) electrons. The maximum Gasteiger partial charge on any atom is 0.534 e. The first-order valence-corrected chi connectivity index (χ1v) is 15.0. The van der Waals surface area contributed by atoms with Crippen molar-refractivity contribution in [1.29, 1.82) is 0 Å². The van der Waals surface area contributed by atoms with Gasteiger partial charge in [-0.1, -0.05) is 91.0 Å². The van der Waals surface area contributed by atoms with Gasteiger partial charge in [0.25, 0.3) is 0 Å². The van der Waals surface area contributed by atoms with E-state index in [1.807, 2.05) is 0 Å². The fourth-order valence-corrected chi connectivity index (χ4v) is 6.55. The number of alkyl halides is 3. The number of hydrogen-bond acceptors (Lipinski definition) is 8. The maximum atomic E-state index is 13.7. The number of benzene rings is 3. The van der Waals surface area contributed by atoms with Gasteiger partial charge in [0, 0.05) is 6.42 Å². The molecule has 1 saturated heterocycles. The van der Waals surface area contributed by atoms with Gasteiger partial charge in [0.15, 0.2) is 23.3 Å². The van der Waals surface area contributed by atoms with Gasteiger partial charge in [0.2, 0.25) is 5.91 Å². The molecular formula is C29H22F3NO7S2. The van der Waals surface area contributed by atoms with Gasteiger partial charge in [-0.2, -0.15) is 21.6 Å². The van der Waals surface area contributed by atoms with Gasteiger partial charge in [0.05, 0.1) is 5.75 Å². The molecule has 0 aliphatic carbocycles. The second-order valence-corrected chi connectivity index (χ2v) is 12.0. The number of halogens is 3. The van der Waals surface area contributed by atoms with Crippen LogP contribution in [0.4, 0.5) is 13.2 Å². The summed E-state index contributed by atoms with van der Waals surface area (Å²) in [6.45, 7) is 0. The zero-order valence-electron chi connectivity index (χ0n) is 21.6. The van der Waals surface area contributed by atoms with Crippen LogP contribution in [-0.2, 0) is 39.8 Å². The van der Waals surface area contributed by atoms with Crippen LogP contribution >= 0.6 is 11.8 Å². The van der Waals surface area contributed by atoms with E-state index in [0.29, 0.717) is 16.7 Å². The van der Waals surface area contributed by atoms with Crippen molar-refractivity contribution in [3.63, 3.8) is 0 Å². The predicted molar refractivity (Wildman–Crippen MR) is 146 cm³/mol. The molecule has 1 amide bonds. The molecule has 13 heteroatoms. The lowest BCUT2D eigenvalue weighted by molar-refractivity contribution is -0.159. The van der Waals surface area contributed by atoms with E-state index < -0.39 is 67.9 Å². The van der Waals surface area contributed by atoms with Gasteiger partial charge in [-0.15, -0.1) is 11.8 Å². The highest BCUT2D eigenvalue weighted by molar-refractivity contribution is 8.00. The average Bonchev–Trinajstić information content (AvgIpc) is 2.96. The number of rotatable bonds is 9. The highest BCUT2D eigenvalue weighted by Crippen LogP contribution is 2.46. The molecule has 5 rings (SSSR count). The lowest BCUT2D eigenvalue weighted by atomic mass is 9.88. The minimum Gasteiger partial charge on any atom is -0.448 e. The summed E-state index contributed by atoms with van der Waals surface area (Å²) in [5.74, 6) is -5.26. The highest BCUT2D eigenvalue weighted by Gasteiger charge is 2.58. The number of carbonyl (C=O) groups excluding carboxylic acids is 3. The normalized spacial score (nSPS) is 18.8. The Morgan fingerprint density at radius 2 is 1.43 bits per heavy atom. The first kappa shape index (κ1) is 29.4. The first-order chi connectivity index (χ1) is 20.0. The van der Waals surface area contributed by atoms with E-state index in [0.717, 1.165) is 16.7 Å². The van der Waals surface area contributed by atoms with Crippen molar-refractivity contribution in [2.24, 2.45) is 5.92 Å². The number of hydrogen-bond donors (Lipinski definition) is 0. The highest BCUT2D eigenvalue weighted by atomic mass is 32.2. The molecular weight excluding hydrogens is 595 g/mol. The van der Waals surface area contributed by atoms with Gasteiger partial charge < -0.3 is 8.92 Å². The molecule has 1 unspecified atom stereocenters. The number of amides is 1. The van der Waals surface area contributed by atoms with Crippen LogP contribution in [0.1, 0.15) is 22.8 Å². The maximum absolute atomic E-state index is 13.7. The Morgan fingerprint density at radius 3 is 1.95 bits per heavy atom. The van der Waals surface area contributed by atoms with Crippen molar-refractivity contribution in [2.45, 2.75) is 23.4 Å². The number of thioether (sulfide) groups is 1. The van der Waals surface area contributed by atoms with Crippen molar-refractivity contribution in [3.8, 4) is 0 Å². The summed E-state index contributed by atoms with van der Waals surface area (Å²) in [4.78, 5) is 40.8. The van der Waals surface area contributed by atoms with Crippen molar-refractivity contribution in [2.75, 3.05) is 5.75 Å². The van der Waals surface area contributed by atoms with E-state index in [2.05, 4.69) is 4.18 Å². The van der Waals surface area contributed by atoms with E-state index in [-0.39, 0.29) is 6.42 Å². The third-order valence-electron chi connectivity index (χ3n) is 6.62. The lowest BCUT2D eigenvalue weighted by Crippen LogP contribution is -2.64. The predicted octanol–water partition coefficient (Wildman–Crippen LogP) is 4.74. The van der Waals surface area contributed by atoms with E-state index in [1.165, 1.54) is 0 Å². The largest absolute Gasteiger partial charge is 0.534 e. The van der Waals surface area contributed by atoms with Gasteiger partial charge >= 0.3 is 21.6 Å². The minimum atomic E-state index is -6.19. The zero-order chi connectivity index (χ0) is 30.1. The number of ketones is 1. The molecule has 2 aliphatic heterocycles. The molecule has 0 bridgehead atoms. The molecule has 2 heterocycles. The number of nitrogens with zero attached hydrogens (tertiary/aromatic N) is 1. The van der Waals surface area contributed by atoms with Crippen LogP contribution in [0, 0.1) is 5.92 Å². The quantitative estimate of drug-likeness (QED) is 0.112. The Bertz CT molecular complexity index is 1590. The van der Waals surface area contributed by atoms with E-state index in [4.69, 9.17) is 4.74 Å². The number of β-lactam (4-membered cyclic amide) rings is 1. The lowest BCUT2D eigenvalue weighted by Gasteiger charge is -2.48. The van der Waals surface area contributed by atoms with Crippen LogP contribution in [0.5, 0.6) is 0 Å². The van der Waals surface area contributed by atoms with Gasteiger partial charge in [-0.25, -0.2) is 4.79 Å². The third-order valence-corrected chi connectivity index (χ3v) is 8.86. The number of esters is 1. The van der Waals surface area contributed by atoms with E-state index in [9.17, 15) is 36.0 Å². The minimum absolute atomic E-state index is 0.0818. The Morgan fingerprint density at radius 1 is 0.905 bits per heavy atom. The summed E-state index contributed by atoms with van der Waals surface area (Å²) < 4.78 is 73.6. The molecule has 42 heavy (non-hydrogen) atoms. The molecule has 0 saturated carbocycles. The summed E-state index contributed by atoms with van der Waals surface area (Å²) in [7, 11) is -6.19. The van der Waals surface area contributed by atoms with Gasteiger partial charge in [-0.05, 0) is 16.7 Å². The summed E-state index contributed by atoms with van der Waals surface area (Å²) in [5.41, 5.74) is -4.91. The number of ether oxygens (including phenoxy) is 1. The average molecular weight is 618 g/mol. The summed E-state index contributed by atoms with van der Waals surface area (Å²) >= 11 is 0.818. The van der Waals surface area contributed by atoms with Crippen molar-refractivity contribution in [3.05, 3.63) is 119 Å². The van der Waals surface area contributed by atoms with Crippen LogP contribution in [0.25, 0.3) is 0 Å². The molecule has 218 valence electrons. The standard InChI is InChI=1S/C29H22F3NO7S2/c30-29(31,32)42(37,38)40-22-17-41-27-23(21(34)16-18-10-4-1-5-11-18)26(35)33(27)24(22)28(36)39-25(19-12-6-2-7-13-19)20-14-8-3-9-15-20/h1-15,23,25,27H,16-17H2/t23?,27-/m1/s1. The smallest absolute Gasteiger partial charge is 0.448 e. The zero-order valence-corrected chi connectivity index (χ0v) is 23.2. The molecule has 3 aromatic carbocycles. The Balaban J connectivity index is 1.50. The SMILES string of the molecule is O=C(OC(c1ccccc1)c1ccccc1)C1=C(OS(=O)(=O)C(F)(F)F)CS[C@@H]2C(C(=O)Cc3ccccc3)C(=O)N12. The molecule has 2 aliphatic rings. The third kappa shape index (κ3) is 5.79. The van der Waals surface area contributed by atoms with Crippen LogP contribution in [0.2, 0.25) is 0 Å². The Kier molecular flexibility index (Phi) is 8.15. The molecule has 3 aromatic rings. The number of Topliss-reactive ketones (excluding diaryl/α,β-unsaturated/α-hetero) is 1. The summed E-state index contributed by atoms with van der Waals surface area (Å²) in [6.07, 6.45) is -1.14. The van der Waals surface area contributed by atoms with E-state index in [1.54, 1.807) is 91.0 Å². The summed E-state index contributed by atoms with van der Waals surface area (Å²) in [5, 5.41) is -0.968. The fourth-order valence-electron chi connectivity index (χ4n) is 4.64. The Hall–Kier alpha value is -4.10. The molecule has 1 fully saturated rings. The van der Waals surface area contributed by atoms with Crippen LogP contribution in [0.3, 0.4) is 0 Å². The van der Waals surface area contributed by atoms with Crippen molar-refractivity contribution >= 4 is 39.5 Å². The molecule has 2 atom stereocenters. The van der Waals surface area contributed by atoms with Gasteiger partial charge in [-0.3, -0.25) is 14.5 Å². The topological polar surface area (TPSA) is 107 Å². The number of fused-ring (bicyclic) bond motifs is 1. The Labute approximate surface area is 243 Å². The fraction of sp³-hybridized carbons (Fsp3) is 0.207. The molecule has 0 aromatic heterocycles. The monoisotopic (exact) mass is 617 g/mol. The molecule has 8 nitrogen and oxygen atoms in total. The van der Waals surface area contributed by atoms with E-state index >= 15 is 0 Å². The van der Waals surface area contributed by atoms with Gasteiger partial charge in [0.1, 0.15) is 11.3 Å². The van der Waals surface area contributed by atoms with Crippen LogP contribution < -0.4 is 0 Å². The second kappa shape index (κ2) is 11.6. The van der Waals surface area contributed by atoms with Crippen molar-refractivity contribution < 1.29 is 44.9 Å². The van der Waals surface area contributed by atoms with Crippen LogP contribution in [-0.4, -0.2) is 47.6 Å². The van der Waals surface area contributed by atoms with Crippen molar-refractivity contribution in [1.82, 2.24) is 4.90 Å². The van der Waals surface area contributed by atoms with Crippen LogP contribution in [0.15, 0.2) is 102 Å². The number of carbonyl (C=O) groups is 3. The first-order valence-electron chi connectivity index (χ1n) is 12.5. The summed E-state index contributed by atoms with van der Waals surface area (Å²) in [6, 6.07) is 25.5. The molecule has 0 N–H and O–H groups in total. The second-order valence-electron chi connectivity index (χ2n) is 9.38. The molecule has 0 spiro atoms.